The summed E-state index contributed by atoms with van der Waals surface area (Å²) in [5.74, 6) is 0. The fourth-order valence-corrected chi connectivity index (χ4v) is 1.59. The first kappa shape index (κ1) is 12.7. The predicted octanol–water partition coefficient (Wildman–Crippen LogP) is 1.71. The molecular weight excluding hydrogens is 205 g/mol. The molecule has 1 rings (SSSR count). The Bertz CT molecular complexity index is 410. The minimum absolute atomic E-state index is 0.0749. The maximum Gasteiger partial charge on any atom is 0.320 e. The van der Waals surface area contributed by atoms with E-state index in [9.17, 15) is 15.1 Å². The molecule has 16 heavy (non-hydrogen) atoms. The van der Waals surface area contributed by atoms with Crippen LogP contribution in [0, 0.1) is 10.1 Å². The number of nitro groups is 1. The third-order valence-electron chi connectivity index (χ3n) is 2.51. The molecule has 5 heteroatoms. The lowest BCUT2D eigenvalue weighted by atomic mass is 9.64. The van der Waals surface area contributed by atoms with Gasteiger partial charge in [-0.3, -0.25) is 10.1 Å². The van der Waals surface area contributed by atoms with Crippen LogP contribution in [0.1, 0.15) is 26.3 Å². The van der Waals surface area contributed by atoms with E-state index in [1.165, 1.54) is 6.07 Å². The van der Waals surface area contributed by atoms with Crippen molar-refractivity contribution in [2.75, 3.05) is 0 Å². The van der Waals surface area contributed by atoms with Crippen molar-refractivity contribution in [1.82, 2.24) is 0 Å². The number of nitro benzene ring substituents is 1. The van der Waals surface area contributed by atoms with Gasteiger partial charge in [0.05, 0.1) is 4.92 Å². The zero-order valence-corrected chi connectivity index (χ0v) is 10.0. The highest BCUT2D eigenvalue weighted by atomic mass is 16.6. The van der Waals surface area contributed by atoms with Crippen LogP contribution in [0.15, 0.2) is 18.2 Å². The molecule has 0 heterocycles. The summed E-state index contributed by atoms with van der Waals surface area (Å²) in [6.07, 6.45) is 0. The van der Waals surface area contributed by atoms with E-state index in [0.29, 0.717) is 11.0 Å². The second kappa shape index (κ2) is 4.25. The summed E-state index contributed by atoms with van der Waals surface area (Å²) in [4.78, 5) is 10.6. The fraction of sp³-hybridized carbons (Fsp3) is 0.455. The Morgan fingerprint density at radius 2 is 1.94 bits per heavy atom. The summed E-state index contributed by atoms with van der Waals surface area (Å²) < 4.78 is 0. The summed E-state index contributed by atoms with van der Waals surface area (Å²) in [5, 5.41) is 20.4. The second-order valence-corrected chi connectivity index (χ2v) is 4.96. The van der Waals surface area contributed by atoms with Crippen LogP contribution in [0.25, 0.3) is 0 Å². The Balaban J connectivity index is 3.37. The Hall–Kier alpha value is -1.36. The van der Waals surface area contributed by atoms with Crippen LogP contribution in [-0.4, -0.2) is 16.9 Å². The maximum absolute atomic E-state index is 11.0. The largest absolute Gasteiger partial charge is 0.446 e. The SMILES string of the molecule is CB(O)c1ccc(C(C)(C)C)c([N+](=O)[O-])c1. The van der Waals surface area contributed by atoms with Crippen molar-refractivity contribution in [3.63, 3.8) is 0 Å². The van der Waals surface area contributed by atoms with Gasteiger partial charge in [0.2, 0.25) is 0 Å². The number of rotatable bonds is 2. The minimum Gasteiger partial charge on any atom is -0.446 e. The zero-order chi connectivity index (χ0) is 12.5. The van der Waals surface area contributed by atoms with E-state index in [2.05, 4.69) is 0 Å². The number of hydrogen-bond acceptors (Lipinski definition) is 3. The molecule has 0 radical (unpaired) electrons. The average molecular weight is 221 g/mol. The first-order chi connectivity index (χ1) is 7.23. The van der Waals surface area contributed by atoms with E-state index in [4.69, 9.17) is 0 Å². The van der Waals surface area contributed by atoms with Gasteiger partial charge in [-0.25, -0.2) is 0 Å². The normalized spacial score (nSPS) is 11.3. The lowest BCUT2D eigenvalue weighted by Gasteiger charge is -2.19. The summed E-state index contributed by atoms with van der Waals surface area (Å²) >= 11 is 0. The highest BCUT2D eigenvalue weighted by Gasteiger charge is 2.25. The third-order valence-corrected chi connectivity index (χ3v) is 2.51. The Kier molecular flexibility index (Phi) is 3.38. The zero-order valence-electron chi connectivity index (χ0n) is 10.0. The van der Waals surface area contributed by atoms with Gasteiger partial charge < -0.3 is 5.02 Å². The van der Waals surface area contributed by atoms with Crippen LogP contribution in [0.2, 0.25) is 6.82 Å². The molecule has 1 aromatic carbocycles. The molecule has 0 atom stereocenters. The quantitative estimate of drug-likeness (QED) is 0.469. The molecule has 0 amide bonds. The van der Waals surface area contributed by atoms with Crippen molar-refractivity contribution < 1.29 is 9.95 Å². The van der Waals surface area contributed by atoms with Crippen molar-refractivity contribution in [1.29, 1.82) is 0 Å². The summed E-state index contributed by atoms with van der Waals surface area (Å²) in [6.45, 7) is 6.69. The molecule has 4 nitrogen and oxygen atoms in total. The van der Waals surface area contributed by atoms with Crippen molar-refractivity contribution in [3.05, 3.63) is 33.9 Å². The first-order valence-electron chi connectivity index (χ1n) is 5.20. The molecule has 0 saturated carbocycles. The molecule has 86 valence electrons. The molecule has 0 aliphatic heterocycles. The highest BCUT2D eigenvalue weighted by Crippen LogP contribution is 2.30. The van der Waals surface area contributed by atoms with E-state index in [1.54, 1.807) is 19.0 Å². The van der Waals surface area contributed by atoms with Gasteiger partial charge in [-0.1, -0.05) is 39.7 Å². The van der Waals surface area contributed by atoms with Crippen LogP contribution in [0.5, 0.6) is 0 Å². The smallest absolute Gasteiger partial charge is 0.320 e. The van der Waals surface area contributed by atoms with Gasteiger partial charge in [0.1, 0.15) is 0 Å². The second-order valence-electron chi connectivity index (χ2n) is 4.96. The van der Waals surface area contributed by atoms with Crippen LogP contribution in [0.4, 0.5) is 5.69 Å². The van der Waals surface area contributed by atoms with E-state index in [-0.39, 0.29) is 11.1 Å². The van der Waals surface area contributed by atoms with Gasteiger partial charge in [0.15, 0.2) is 0 Å². The van der Waals surface area contributed by atoms with Crippen LogP contribution in [0.3, 0.4) is 0 Å². The van der Waals surface area contributed by atoms with Gasteiger partial charge >= 0.3 is 6.92 Å². The van der Waals surface area contributed by atoms with E-state index >= 15 is 0 Å². The molecular formula is C11H16BNO3. The van der Waals surface area contributed by atoms with E-state index in [0.717, 1.165) is 0 Å². The monoisotopic (exact) mass is 221 g/mol. The number of hydrogen-bond donors (Lipinski definition) is 1. The average Bonchev–Trinajstić information content (AvgIpc) is 2.15. The molecule has 0 unspecified atom stereocenters. The van der Waals surface area contributed by atoms with E-state index < -0.39 is 11.8 Å². The van der Waals surface area contributed by atoms with Gasteiger partial charge in [0.25, 0.3) is 5.69 Å². The predicted molar refractivity (Wildman–Crippen MR) is 65.3 cm³/mol. The summed E-state index contributed by atoms with van der Waals surface area (Å²) in [7, 11) is 0. The van der Waals surface area contributed by atoms with Gasteiger partial charge in [-0.2, -0.15) is 0 Å². The summed E-state index contributed by atoms with van der Waals surface area (Å²) in [6, 6.07) is 4.91. The Morgan fingerprint density at radius 1 is 1.38 bits per heavy atom. The molecule has 0 bridgehead atoms. The van der Waals surface area contributed by atoms with E-state index in [1.807, 2.05) is 20.8 Å². The fourth-order valence-electron chi connectivity index (χ4n) is 1.59. The lowest BCUT2D eigenvalue weighted by molar-refractivity contribution is -0.385. The first-order valence-corrected chi connectivity index (χ1v) is 5.20. The lowest BCUT2D eigenvalue weighted by Crippen LogP contribution is -2.27. The molecule has 0 fully saturated rings. The van der Waals surface area contributed by atoms with Gasteiger partial charge in [0, 0.05) is 11.6 Å². The molecule has 0 saturated heterocycles. The number of nitrogens with zero attached hydrogens (tertiary/aromatic N) is 1. The van der Waals surface area contributed by atoms with Crippen LogP contribution >= 0.6 is 0 Å². The minimum atomic E-state index is -0.687. The molecule has 0 aromatic heterocycles. The molecule has 0 aliphatic rings. The Labute approximate surface area is 95.6 Å². The van der Waals surface area contributed by atoms with Gasteiger partial charge in [-0.05, 0) is 10.9 Å². The maximum atomic E-state index is 11.0. The third kappa shape index (κ3) is 2.61. The molecule has 0 spiro atoms. The standard InChI is InChI=1S/C11H16BNO3/c1-11(2,3)9-6-5-8(12(4)14)7-10(9)13(15)16/h5-7,14H,1-4H3. The van der Waals surface area contributed by atoms with Crippen molar-refractivity contribution in [2.24, 2.45) is 0 Å². The molecule has 1 aromatic rings. The van der Waals surface area contributed by atoms with Crippen molar-refractivity contribution >= 4 is 18.1 Å². The van der Waals surface area contributed by atoms with Crippen LogP contribution in [-0.2, 0) is 5.41 Å². The van der Waals surface area contributed by atoms with Crippen LogP contribution < -0.4 is 5.46 Å². The van der Waals surface area contributed by atoms with Crippen molar-refractivity contribution in [2.45, 2.75) is 33.0 Å². The summed E-state index contributed by atoms with van der Waals surface area (Å²) in [5.41, 5.74) is 1.05. The number of benzene rings is 1. The van der Waals surface area contributed by atoms with Gasteiger partial charge in [-0.15, -0.1) is 0 Å². The topological polar surface area (TPSA) is 63.4 Å². The van der Waals surface area contributed by atoms with Crippen molar-refractivity contribution in [3.8, 4) is 0 Å². The highest BCUT2D eigenvalue weighted by molar-refractivity contribution is 6.64. The molecule has 0 aliphatic carbocycles. The Morgan fingerprint density at radius 3 is 2.31 bits per heavy atom. The molecule has 1 N–H and O–H groups in total.